The standard InChI is InChI=1S/C17H19N5O/c1-21-11-12(10-18-21)17(23)22-9-5-4-8-15(22)16-19-13-6-2-3-7-14(13)20-16/h2-3,6-7,10-11,15H,4-5,8-9H2,1H3,(H,19,20)/t15-/m0/s1. The normalized spacial score (nSPS) is 18.5. The lowest BCUT2D eigenvalue weighted by atomic mass is 10.0. The van der Waals surface area contributed by atoms with Gasteiger partial charge in [0.2, 0.25) is 0 Å². The monoisotopic (exact) mass is 309 g/mol. The van der Waals surface area contributed by atoms with Gasteiger partial charge in [-0.15, -0.1) is 0 Å². The Labute approximate surface area is 134 Å². The molecule has 0 aliphatic carbocycles. The summed E-state index contributed by atoms with van der Waals surface area (Å²) >= 11 is 0. The van der Waals surface area contributed by atoms with Gasteiger partial charge in [-0.05, 0) is 31.4 Å². The molecule has 0 unspecified atom stereocenters. The smallest absolute Gasteiger partial charge is 0.257 e. The van der Waals surface area contributed by atoms with Gasteiger partial charge in [-0.1, -0.05) is 12.1 Å². The van der Waals surface area contributed by atoms with E-state index in [0.29, 0.717) is 5.56 Å². The molecule has 1 aromatic carbocycles. The Morgan fingerprint density at radius 3 is 2.96 bits per heavy atom. The van der Waals surface area contributed by atoms with Crippen molar-refractivity contribution in [1.29, 1.82) is 0 Å². The number of benzene rings is 1. The number of hydrogen-bond donors (Lipinski definition) is 1. The van der Waals surface area contributed by atoms with E-state index >= 15 is 0 Å². The first-order chi connectivity index (χ1) is 11.2. The van der Waals surface area contributed by atoms with E-state index in [9.17, 15) is 4.79 Å². The second-order valence-corrected chi connectivity index (χ2v) is 6.05. The fraction of sp³-hybridized carbons (Fsp3) is 0.353. The van der Waals surface area contributed by atoms with Crippen molar-refractivity contribution < 1.29 is 4.79 Å². The summed E-state index contributed by atoms with van der Waals surface area (Å²) in [5.74, 6) is 0.909. The maximum Gasteiger partial charge on any atom is 0.257 e. The zero-order valence-corrected chi connectivity index (χ0v) is 13.1. The summed E-state index contributed by atoms with van der Waals surface area (Å²) in [5.41, 5.74) is 2.60. The van der Waals surface area contributed by atoms with Crippen molar-refractivity contribution >= 4 is 16.9 Å². The number of H-pyrrole nitrogens is 1. The second kappa shape index (κ2) is 5.53. The molecule has 0 radical (unpaired) electrons. The maximum atomic E-state index is 12.8. The highest BCUT2D eigenvalue weighted by molar-refractivity contribution is 5.94. The van der Waals surface area contributed by atoms with Crippen LogP contribution in [0.1, 0.15) is 41.5 Å². The van der Waals surface area contributed by atoms with Crippen molar-refractivity contribution in [3.63, 3.8) is 0 Å². The van der Waals surface area contributed by atoms with E-state index in [4.69, 9.17) is 4.98 Å². The van der Waals surface area contributed by atoms with Crippen LogP contribution in [0.15, 0.2) is 36.7 Å². The van der Waals surface area contributed by atoms with E-state index in [-0.39, 0.29) is 11.9 Å². The van der Waals surface area contributed by atoms with E-state index in [0.717, 1.165) is 42.7 Å². The number of likely N-dealkylation sites (tertiary alicyclic amines) is 1. The predicted molar refractivity (Wildman–Crippen MR) is 86.9 cm³/mol. The van der Waals surface area contributed by atoms with Crippen LogP contribution >= 0.6 is 0 Å². The summed E-state index contributed by atoms with van der Waals surface area (Å²) < 4.78 is 1.66. The van der Waals surface area contributed by atoms with Gasteiger partial charge in [-0.25, -0.2) is 4.98 Å². The molecule has 1 amide bonds. The Morgan fingerprint density at radius 1 is 1.30 bits per heavy atom. The minimum absolute atomic E-state index is 0.00357. The molecule has 118 valence electrons. The summed E-state index contributed by atoms with van der Waals surface area (Å²) in [5, 5.41) is 4.11. The van der Waals surface area contributed by atoms with Gasteiger partial charge in [0.1, 0.15) is 5.82 Å². The van der Waals surface area contributed by atoms with Crippen LogP contribution in [0.5, 0.6) is 0 Å². The number of para-hydroxylation sites is 2. The molecule has 6 nitrogen and oxygen atoms in total. The van der Waals surface area contributed by atoms with Crippen molar-refractivity contribution in [2.45, 2.75) is 25.3 Å². The molecule has 0 saturated carbocycles. The van der Waals surface area contributed by atoms with E-state index in [1.165, 1.54) is 0 Å². The molecule has 3 heterocycles. The number of aromatic nitrogens is 4. The Bertz CT molecular complexity index is 816. The third kappa shape index (κ3) is 2.50. The molecule has 1 saturated heterocycles. The Balaban J connectivity index is 1.68. The number of nitrogens with zero attached hydrogens (tertiary/aromatic N) is 4. The molecule has 1 atom stereocenters. The topological polar surface area (TPSA) is 66.8 Å². The first kappa shape index (κ1) is 14.0. The largest absolute Gasteiger partial charge is 0.340 e. The van der Waals surface area contributed by atoms with Crippen LogP contribution in [0.3, 0.4) is 0 Å². The highest BCUT2D eigenvalue weighted by atomic mass is 16.2. The van der Waals surface area contributed by atoms with Crippen molar-refractivity contribution in [2.75, 3.05) is 6.54 Å². The molecule has 1 aliphatic rings. The van der Waals surface area contributed by atoms with Crippen LogP contribution < -0.4 is 0 Å². The molecule has 6 heteroatoms. The van der Waals surface area contributed by atoms with Crippen molar-refractivity contribution in [3.05, 3.63) is 48.0 Å². The Morgan fingerprint density at radius 2 is 2.17 bits per heavy atom. The van der Waals surface area contributed by atoms with Gasteiger partial charge < -0.3 is 9.88 Å². The van der Waals surface area contributed by atoms with E-state index < -0.39 is 0 Å². The van der Waals surface area contributed by atoms with Crippen LogP contribution in [-0.4, -0.2) is 37.1 Å². The molecule has 0 bridgehead atoms. The van der Waals surface area contributed by atoms with Crippen LogP contribution in [0.2, 0.25) is 0 Å². The summed E-state index contributed by atoms with van der Waals surface area (Å²) in [6.07, 6.45) is 6.48. The fourth-order valence-electron chi connectivity index (χ4n) is 3.29. The van der Waals surface area contributed by atoms with Crippen LogP contribution in [0, 0.1) is 0 Å². The van der Waals surface area contributed by atoms with E-state index in [2.05, 4.69) is 10.1 Å². The maximum absolute atomic E-state index is 12.8. The van der Waals surface area contributed by atoms with Crippen molar-refractivity contribution in [1.82, 2.24) is 24.6 Å². The van der Waals surface area contributed by atoms with Gasteiger partial charge in [0, 0.05) is 19.8 Å². The van der Waals surface area contributed by atoms with Crippen molar-refractivity contribution in [3.8, 4) is 0 Å². The van der Waals surface area contributed by atoms with Gasteiger partial charge in [0.25, 0.3) is 5.91 Å². The Kier molecular flexibility index (Phi) is 3.37. The fourth-order valence-corrected chi connectivity index (χ4v) is 3.29. The first-order valence-corrected chi connectivity index (χ1v) is 7.96. The molecule has 2 aromatic heterocycles. The van der Waals surface area contributed by atoms with Crippen molar-refractivity contribution in [2.24, 2.45) is 7.05 Å². The SMILES string of the molecule is Cn1cc(C(=O)N2CCCC[C@H]2c2nc3ccccc3[nH]2)cn1. The molecule has 0 spiro atoms. The lowest BCUT2D eigenvalue weighted by Gasteiger charge is -2.34. The number of imidazole rings is 1. The summed E-state index contributed by atoms with van der Waals surface area (Å²) in [6, 6.07) is 7.98. The van der Waals surface area contributed by atoms with Crippen LogP contribution in [-0.2, 0) is 7.05 Å². The zero-order valence-electron chi connectivity index (χ0n) is 13.1. The highest BCUT2D eigenvalue weighted by Crippen LogP contribution is 2.31. The number of amides is 1. The number of rotatable bonds is 2. The van der Waals surface area contributed by atoms with Gasteiger partial charge in [-0.3, -0.25) is 9.48 Å². The number of aryl methyl sites for hydroxylation is 1. The number of nitrogens with one attached hydrogen (secondary N) is 1. The molecule has 1 aliphatic heterocycles. The summed E-state index contributed by atoms with van der Waals surface area (Å²) in [6.45, 7) is 0.759. The number of fused-ring (bicyclic) bond motifs is 1. The van der Waals surface area contributed by atoms with Gasteiger partial charge in [-0.2, -0.15) is 5.10 Å². The Hall–Kier alpha value is -2.63. The van der Waals surface area contributed by atoms with Gasteiger partial charge in [0.05, 0.1) is 28.8 Å². The molecular formula is C17H19N5O. The molecule has 23 heavy (non-hydrogen) atoms. The number of carbonyl (C=O) groups excluding carboxylic acids is 1. The number of aromatic amines is 1. The van der Waals surface area contributed by atoms with Gasteiger partial charge in [0.15, 0.2) is 0 Å². The average molecular weight is 309 g/mol. The molecular weight excluding hydrogens is 290 g/mol. The number of piperidine rings is 1. The number of carbonyl (C=O) groups is 1. The van der Waals surface area contributed by atoms with Crippen LogP contribution in [0.25, 0.3) is 11.0 Å². The third-order valence-electron chi connectivity index (χ3n) is 4.44. The summed E-state index contributed by atoms with van der Waals surface area (Å²) in [4.78, 5) is 22.9. The average Bonchev–Trinajstić information content (AvgIpc) is 3.20. The predicted octanol–water partition coefficient (Wildman–Crippen LogP) is 2.66. The minimum atomic E-state index is 0.00357. The zero-order chi connectivity index (χ0) is 15.8. The lowest BCUT2D eigenvalue weighted by molar-refractivity contribution is 0.0601. The van der Waals surface area contributed by atoms with Crippen LogP contribution in [0.4, 0.5) is 0 Å². The summed E-state index contributed by atoms with van der Waals surface area (Å²) in [7, 11) is 1.82. The lowest BCUT2D eigenvalue weighted by Crippen LogP contribution is -2.38. The van der Waals surface area contributed by atoms with E-state index in [1.807, 2.05) is 36.2 Å². The quantitative estimate of drug-likeness (QED) is 0.791. The third-order valence-corrected chi connectivity index (χ3v) is 4.44. The molecule has 3 aromatic rings. The number of hydrogen-bond acceptors (Lipinski definition) is 3. The molecule has 4 rings (SSSR count). The first-order valence-electron chi connectivity index (χ1n) is 7.96. The van der Waals surface area contributed by atoms with Gasteiger partial charge >= 0.3 is 0 Å². The highest BCUT2D eigenvalue weighted by Gasteiger charge is 2.31. The molecule has 1 N–H and O–H groups in total. The molecule has 1 fully saturated rings. The van der Waals surface area contributed by atoms with E-state index in [1.54, 1.807) is 17.1 Å². The minimum Gasteiger partial charge on any atom is -0.340 e. The second-order valence-electron chi connectivity index (χ2n) is 6.05.